The predicted molar refractivity (Wildman–Crippen MR) is 63.9 cm³/mol. The van der Waals surface area contributed by atoms with Crippen LogP contribution in [-0.4, -0.2) is 14.9 Å². The van der Waals surface area contributed by atoms with Gasteiger partial charge in [-0.3, -0.25) is 4.68 Å². The molecular formula is C13H19N3O. The van der Waals surface area contributed by atoms with E-state index in [9.17, 15) is 10.4 Å². The lowest BCUT2D eigenvalue weighted by Crippen LogP contribution is -2.28. The van der Waals surface area contributed by atoms with E-state index in [1.807, 2.05) is 0 Å². The van der Waals surface area contributed by atoms with E-state index in [-0.39, 0.29) is 0 Å². The molecular weight excluding hydrogens is 214 g/mol. The quantitative estimate of drug-likeness (QED) is 0.797. The third kappa shape index (κ3) is 2.20. The summed E-state index contributed by atoms with van der Waals surface area (Å²) in [6.45, 7) is 0. The number of nitrogens with zero attached hydrogens (tertiary/aromatic N) is 3. The van der Waals surface area contributed by atoms with Gasteiger partial charge in [0.05, 0.1) is 17.2 Å². The van der Waals surface area contributed by atoms with Crippen molar-refractivity contribution in [1.82, 2.24) is 9.78 Å². The van der Waals surface area contributed by atoms with Crippen molar-refractivity contribution in [3.8, 4) is 6.07 Å². The van der Waals surface area contributed by atoms with E-state index in [2.05, 4.69) is 11.2 Å². The zero-order valence-electron chi connectivity index (χ0n) is 10.3. The summed E-state index contributed by atoms with van der Waals surface area (Å²) in [5.74, 6) is 0. The fourth-order valence-electron chi connectivity index (χ4n) is 2.74. The van der Waals surface area contributed by atoms with E-state index >= 15 is 0 Å². The van der Waals surface area contributed by atoms with Crippen LogP contribution in [0, 0.1) is 16.7 Å². The van der Waals surface area contributed by atoms with E-state index in [0.717, 1.165) is 31.4 Å². The van der Waals surface area contributed by atoms with E-state index < -0.39 is 11.5 Å². The van der Waals surface area contributed by atoms with Gasteiger partial charge in [-0.25, -0.2) is 0 Å². The van der Waals surface area contributed by atoms with E-state index in [4.69, 9.17) is 0 Å². The number of rotatable bonds is 2. The van der Waals surface area contributed by atoms with Gasteiger partial charge < -0.3 is 5.11 Å². The minimum Gasteiger partial charge on any atom is -0.385 e. The number of aliphatic hydroxyl groups is 1. The molecule has 1 aromatic rings. The first kappa shape index (κ1) is 12.1. The molecule has 1 saturated carbocycles. The molecule has 0 aliphatic heterocycles. The molecule has 1 unspecified atom stereocenters. The van der Waals surface area contributed by atoms with Gasteiger partial charge in [0.25, 0.3) is 0 Å². The number of aromatic nitrogens is 2. The lowest BCUT2D eigenvalue weighted by atomic mass is 9.75. The van der Waals surface area contributed by atoms with Crippen LogP contribution in [0.3, 0.4) is 0 Å². The first-order chi connectivity index (χ1) is 8.19. The van der Waals surface area contributed by atoms with Gasteiger partial charge >= 0.3 is 0 Å². The van der Waals surface area contributed by atoms with Gasteiger partial charge in [-0.1, -0.05) is 25.7 Å². The summed E-state index contributed by atoms with van der Waals surface area (Å²) < 4.78 is 1.66. The lowest BCUT2D eigenvalue weighted by Gasteiger charge is -2.30. The van der Waals surface area contributed by atoms with Gasteiger partial charge in [-0.05, 0) is 18.9 Å². The number of hydrogen-bond donors (Lipinski definition) is 1. The van der Waals surface area contributed by atoms with Gasteiger partial charge in [0.1, 0.15) is 6.10 Å². The Balaban J connectivity index is 2.28. The smallest absolute Gasteiger partial charge is 0.114 e. The van der Waals surface area contributed by atoms with Gasteiger partial charge in [0, 0.05) is 13.2 Å². The second-order valence-corrected chi connectivity index (χ2v) is 4.96. The van der Waals surface area contributed by atoms with Crippen LogP contribution in [0.2, 0.25) is 0 Å². The first-order valence-electron chi connectivity index (χ1n) is 6.27. The number of aryl methyl sites for hydroxylation is 1. The van der Waals surface area contributed by atoms with Crippen molar-refractivity contribution in [2.75, 3.05) is 0 Å². The molecule has 0 amide bonds. The summed E-state index contributed by atoms with van der Waals surface area (Å²) in [6, 6.07) is 4.18. The Hall–Kier alpha value is -1.34. The van der Waals surface area contributed by atoms with Crippen LogP contribution in [-0.2, 0) is 7.05 Å². The molecule has 1 aromatic heterocycles. The van der Waals surface area contributed by atoms with Crippen LogP contribution in [0.1, 0.15) is 50.3 Å². The highest BCUT2D eigenvalue weighted by molar-refractivity contribution is 5.15. The first-order valence-corrected chi connectivity index (χ1v) is 6.27. The SMILES string of the molecule is Cn1nccc1C(O)C1(C#N)CCCCCC1. The second kappa shape index (κ2) is 4.89. The van der Waals surface area contributed by atoms with Crippen LogP contribution in [0.4, 0.5) is 0 Å². The second-order valence-electron chi connectivity index (χ2n) is 4.96. The van der Waals surface area contributed by atoms with E-state index in [1.54, 1.807) is 24.0 Å². The number of aliphatic hydroxyl groups excluding tert-OH is 1. The van der Waals surface area contributed by atoms with Crippen LogP contribution in [0.15, 0.2) is 12.3 Å². The highest BCUT2D eigenvalue weighted by atomic mass is 16.3. The molecule has 1 aliphatic rings. The zero-order chi connectivity index (χ0) is 12.3. The molecule has 17 heavy (non-hydrogen) atoms. The van der Waals surface area contributed by atoms with Gasteiger partial charge in [0.15, 0.2) is 0 Å². The van der Waals surface area contributed by atoms with Crippen molar-refractivity contribution in [2.24, 2.45) is 12.5 Å². The molecule has 0 radical (unpaired) electrons. The number of hydrogen-bond acceptors (Lipinski definition) is 3. The summed E-state index contributed by atoms with van der Waals surface area (Å²) in [5, 5.41) is 24.1. The molecule has 1 heterocycles. The van der Waals surface area contributed by atoms with Crippen molar-refractivity contribution in [3.05, 3.63) is 18.0 Å². The maximum Gasteiger partial charge on any atom is 0.114 e. The average molecular weight is 233 g/mol. The molecule has 1 N–H and O–H groups in total. The summed E-state index contributed by atoms with van der Waals surface area (Å²) in [5.41, 5.74) is 0.123. The average Bonchev–Trinajstić information content (AvgIpc) is 2.64. The lowest BCUT2D eigenvalue weighted by molar-refractivity contribution is 0.0450. The molecule has 92 valence electrons. The van der Waals surface area contributed by atoms with Gasteiger partial charge in [0.2, 0.25) is 0 Å². The third-order valence-electron chi connectivity index (χ3n) is 3.88. The summed E-state index contributed by atoms with van der Waals surface area (Å²) in [6.07, 6.45) is 6.91. The number of nitriles is 1. The largest absolute Gasteiger partial charge is 0.385 e. The summed E-state index contributed by atoms with van der Waals surface area (Å²) in [7, 11) is 1.81. The summed E-state index contributed by atoms with van der Waals surface area (Å²) >= 11 is 0. The van der Waals surface area contributed by atoms with Crippen molar-refractivity contribution in [2.45, 2.75) is 44.6 Å². The summed E-state index contributed by atoms with van der Waals surface area (Å²) in [4.78, 5) is 0. The third-order valence-corrected chi connectivity index (χ3v) is 3.88. The molecule has 1 fully saturated rings. The van der Waals surface area contributed by atoms with Crippen LogP contribution < -0.4 is 0 Å². The molecule has 2 rings (SSSR count). The molecule has 0 spiro atoms. The molecule has 4 heteroatoms. The van der Waals surface area contributed by atoms with Crippen molar-refractivity contribution < 1.29 is 5.11 Å². The fraction of sp³-hybridized carbons (Fsp3) is 0.692. The monoisotopic (exact) mass is 233 g/mol. The molecule has 1 aliphatic carbocycles. The Labute approximate surface area is 102 Å². The van der Waals surface area contributed by atoms with E-state index in [0.29, 0.717) is 0 Å². The molecule has 0 aromatic carbocycles. The minimum absolute atomic E-state index is 0.621. The molecule has 0 saturated heterocycles. The van der Waals surface area contributed by atoms with Gasteiger partial charge in [-0.2, -0.15) is 10.4 Å². The maximum atomic E-state index is 10.5. The van der Waals surface area contributed by atoms with E-state index in [1.165, 1.54) is 12.8 Å². The molecule has 0 bridgehead atoms. The minimum atomic E-state index is -0.724. The van der Waals surface area contributed by atoms with Gasteiger partial charge in [-0.15, -0.1) is 0 Å². The highest BCUT2D eigenvalue weighted by Crippen LogP contribution is 2.44. The Morgan fingerprint density at radius 3 is 2.53 bits per heavy atom. The maximum absolute atomic E-state index is 10.5. The van der Waals surface area contributed by atoms with Crippen molar-refractivity contribution >= 4 is 0 Å². The fourth-order valence-corrected chi connectivity index (χ4v) is 2.74. The van der Waals surface area contributed by atoms with Crippen molar-refractivity contribution in [3.63, 3.8) is 0 Å². The highest BCUT2D eigenvalue weighted by Gasteiger charge is 2.40. The normalized spacial score (nSPS) is 21.5. The van der Waals surface area contributed by atoms with Crippen LogP contribution >= 0.6 is 0 Å². The Morgan fingerprint density at radius 2 is 2.06 bits per heavy atom. The Morgan fingerprint density at radius 1 is 1.41 bits per heavy atom. The van der Waals surface area contributed by atoms with Crippen LogP contribution in [0.25, 0.3) is 0 Å². The Bertz CT molecular complexity index is 411. The van der Waals surface area contributed by atoms with Crippen molar-refractivity contribution in [1.29, 1.82) is 5.26 Å². The molecule has 1 atom stereocenters. The standard InChI is InChI=1S/C13H19N3O/c1-16-11(6-9-15-16)12(17)13(10-14)7-4-2-3-5-8-13/h6,9,12,17H,2-5,7-8H2,1H3. The Kier molecular flexibility index (Phi) is 3.49. The topological polar surface area (TPSA) is 61.8 Å². The zero-order valence-corrected chi connectivity index (χ0v) is 10.3. The molecule has 4 nitrogen and oxygen atoms in total. The van der Waals surface area contributed by atoms with Crippen LogP contribution in [0.5, 0.6) is 0 Å². The predicted octanol–water partition coefficient (Wildman–Crippen LogP) is 2.32.